The zero-order chi connectivity index (χ0) is 39.9. The Hall–Kier alpha value is -2.94. The van der Waals surface area contributed by atoms with Crippen molar-refractivity contribution in [3.63, 3.8) is 0 Å². The van der Waals surface area contributed by atoms with Crippen LogP contribution in [0.3, 0.4) is 0 Å². The number of rotatable bonds is 11. The monoisotopic (exact) mass is 875 g/mol. The molecule has 0 saturated carbocycles. The summed E-state index contributed by atoms with van der Waals surface area (Å²) in [6.45, 7) is 31.4. The molecular weight excluding hydrogens is 829 g/mol. The molecule has 1 atom stereocenters. The maximum Gasteiger partial charge on any atom is 0.00405 e. The molecule has 0 aliphatic rings. The molecule has 0 aliphatic heterocycles. The average molecular weight is 876 g/mol. The standard InChI is InChI=1S/C25H22P2.C16H24NP.4CO.2Co/c1-5-13-22(14-6-1)26(23-15-7-2-8-16-23)21-27(24-17-9-3-10-18-24)25-19-11-4-12-20-25;1-6-17(7-2)18(16(3,4)5)14-13-15-11-9-8-10-12-15;4*1-2;;/h1-20H,21H2;8-12H,6-7H2,1-5H3;;;;;;. The molecule has 10 heteroatoms. The van der Waals surface area contributed by atoms with E-state index in [1.54, 1.807) is 0 Å². The van der Waals surface area contributed by atoms with Gasteiger partial charge in [-0.25, -0.2) is 0 Å². The number of benzene rings is 5. The minimum atomic E-state index is -0.417. The van der Waals surface area contributed by atoms with E-state index in [0.29, 0.717) is 0 Å². The molecule has 0 heterocycles. The average Bonchev–Trinajstić information content (AvgIpc) is 3.24. The van der Waals surface area contributed by atoms with Crippen LogP contribution in [-0.2, 0) is 52.2 Å². The fraction of sp³-hybridized carbons (Fsp3) is 0.200. The van der Waals surface area contributed by atoms with E-state index in [0.717, 1.165) is 18.7 Å². The molecule has 0 N–H and O–H groups in total. The van der Waals surface area contributed by atoms with E-state index in [-0.39, 0.29) is 38.7 Å². The van der Waals surface area contributed by atoms with Gasteiger partial charge in [-0.15, -0.1) is 0 Å². The van der Waals surface area contributed by atoms with Gasteiger partial charge in [-0.3, -0.25) is 4.67 Å². The Bertz CT molecular complexity index is 1550. The Morgan fingerprint density at radius 3 is 0.964 bits per heavy atom. The summed E-state index contributed by atoms with van der Waals surface area (Å²) in [6.07, 6.45) is 3.34. The zero-order valence-electron chi connectivity index (χ0n) is 31.6. The fourth-order valence-corrected chi connectivity index (χ4v) is 13.6. The van der Waals surface area contributed by atoms with E-state index < -0.39 is 23.9 Å². The van der Waals surface area contributed by atoms with Crippen LogP contribution in [0.1, 0.15) is 40.2 Å². The Morgan fingerprint density at radius 2 is 0.727 bits per heavy atom. The first kappa shape index (κ1) is 56.4. The maximum absolute atomic E-state index is 7.50. The smallest absolute Gasteiger partial charge is 0.00405 e. The van der Waals surface area contributed by atoms with Gasteiger partial charge in [-0.2, -0.15) is 0 Å². The summed E-state index contributed by atoms with van der Waals surface area (Å²) in [7, 11) is -1.23. The SMILES string of the molecule is CCN(CC)P([C]=[C]c1ccccc1)C(C)(C)C.[C-]#[O+].[C-]#[O+].[C-]#[O+].[C-]#[O+].[Co].[Co].c1ccc(P(CP(c2ccccc2)c2ccccc2)c2ccccc2)cc1. The van der Waals surface area contributed by atoms with Gasteiger partial charge in [0, 0.05) is 53.4 Å². The van der Waals surface area contributed by atoms with Gasteiger partial charge in [0.25, 0.3) is 0 Å². The summed E-state index contributed by atoms with van der Waals surface area (Å²) in [6, 6.07) is 54.4. The summed E-state index contributed by atoms with van der Waals surface area (Å²) in [5, 5.41) is 6.07. The minimum absolute atomic E-state index is 0. The normalized spacial score (nSPS) is 10.3. The molecule has 5 rings (SSSR count). The van der Waals surface area contributed by atoms with Gasteiger partial charge >= 0.3 is 45.2 Å². The maximum atomic E-state index is 7.50. The third-order valence-corrected chi connectivity index (χ3v) is 16.0. The van der Waals surface area contributed by atoms with Gasteiger partial charge in [-0.05, 0) is 66.9 Å². The van der Waals surface area contributed by atoms with Crippen molar-refractivity contribution >= 4 is 45.1 Å². The van der Waals surface area contributed by atoms with Crippen LogP contribution in [0.15, 0.2) is 152 Å². The second-order valence-corrected chi connectivity index (χ2v) is 19.2. The fourth-order valence-electron chi connectivity index (χ4n) is 5.01. The first-order valence-corrected chi connectivity index (χ1v) is 20.9. The summed E-state index contributed by atoms with van der Waals surface area (Å²) in [4.78, 5) is 0. The van der Waals surface area contributed by atoms with Crippen molar-refractivity contribution < 1.29 is 52.2 Å². The number of hydrogen-bond donors (Lipinski definition) is 0. The number of hydrogen-bond acceptors (Lipinski definition) is 1. The quantitative estimate of drug-likeness (QED) is 0.0740. The van der Waals surface area contributed by atoms with Crippen LogP contribution in [0.5, 0.6) is 0 Å². The zero-order valence-corrected chi connectivity index (χ0v) is 36.4. The van der Waals surface area contributed by atoms with E-state index in [4.69, 9.17) is 18.6 Å². The summed E-state index contributed by atoms with van der Waals surface area (Å²) in [5.41, 5.74) is 1.11. The van der Waals surface area contributed by atoms with Crippen molar-refractivity contribution in [2.75, 3.05) is 19.0 Å². The van der Waals surface area contributed by atoms with Gasteiger partial charge in [0.05, 0.1) is 0 Å². The molecular formula is C45H46Co2NO4P3. The van der Waals surface area contributed by atoms with Crippen LogP contribution in [0.2, 0.25) is 0 Å². The van der Waals surface area contributed by atoms with Crippen molar-refractivity contribution in [1.29, 1.82) is 0 Å². The molecule has 0 amide bonds. The van der Waals surface area contributed by atoms with Gasteiger partial charge < -0.3 is 0 Å². The second kappa shape index (κ2) is 35.5. The molecule has 288 valence electrons. The molecule has 5 nitrogen and oxygen atoms in total. The molecule has 1 unspecified atom stereocenters. The molecule has 4 radical (unpaired) electrons. The third kappa shape index (κ3) is 21.2. The number of nitrogens with zero attached hydrogens (tertiary/aromatic N) is 1. The van der Waals surface area contributed by atoms with Crippen LogP contribution in [0, 0.1) is 38.5 Å². The minimum Gasteiger partial charge on any atom is -0.0622 e. The second-order valence-electron chi connectivity index (χ2n) is 11.6. The van der Waals surface area contributed by atoms with Crippen molar-refractivity contribution in [2.24, 2.45) is 0 Å². The molecule has 0 fully saturated rings. The summed E-state index contributed by atoms with van der Waals surface area (Å²) < 4.78 is 32.5. The van der Waals surface area contributed by atoms with Crippen molar-refractivity contribution in [1.82, 2.24) is 4.67 Å². The molecule has 55 heavy (non-hydrogen) atoms. The predicted molar refractivity (Wildman–Crippen MR) is 220 cm³/mol. The summed E-state index contributed by atoms with van der Waals surface area (Å²) >= 11 is 0. The first-order valence-electron chi connectivity index (χ1n) is 16.6. The van der Waals surface area contributed by atoms with Gasteiger partial charge in [0.15, 0.2) is 0 Å². The van der Waals surface area contributed by atoms with Crippen LogP contribution in [0.4, 0.5) is 0 Å². The van der Waals surface area contributed by atoms with Crippen molar-refractivity contribution in [2.45, 2.75) is 39.8 Å². The van der Waals surface area contributed by atoms with Crippen LogP contribution < -0.4 is 21.2 Å². The molecule has 0 spiro atoms. The van der Waals surface area contributed by atoms with Crippen molar-refractivity contribution in [3.8, 4) is 0 Å². The molecule has 0 bridgehead atoms. The van der Waals surface area contributed by atoms with Gasteiger partial charge in [0.1, 0.15) is 0 Å². The largest absolute Gasteiger partial charge is 0.0622 e. The molecule has 0 saturated heterocycles. The molecule has 0 aromatic heterocycles. The van der Waals surface area contributed by atoms with E-state index in [1.807, 2.05) is 18.2 Å². The third-order valence-electron chi connectivity index (χ3n) is 7.28. The van der Waals surface area contributed by atoms with Crippen LogP contribution in [-0.4, -0.2) is 28.8 Å². The molecule has 0 aliphatic carbocycles. The van der Waals surface area contributed by atoms with Crippen LogP contribution >= 0.6 is 23.9 Å². The van der Waals surface area contributed by atoms with E-state index in [1.165, 1.54) is 27.1 Å². The topological polar surface area (TPSA) is 82.8 Å². The van der Waals surface area contributed by atoms with Crippen molar-refractivity contribution in [3.05, 3.63) is 196 Å². The van der Waals surface area contributed by atoms with Gasteiger partial charge in [-0.1, -0.05) is 186 Å². The Kier molecular flexibility index (Phi) is 36.4. The first-order chi connectivity index (χ1) is 25.9. The van der Waals surface area contributed by atoms with E-state index in [9.17, 15) is 0 Å². The Balaban J connectivity index is -0.000000849. The van der Waals surface area contributed by atoms with Crippen LogP contribution in [0.25, 0.3) is 0 Å². The van der Waals surface area contributed by atoms with E-state index in [2.05, 4.69) is 211 Å². The Morgan fingerprint density at radius 1 is 0.473 bits per heavy atom. The molecule has 5 aromatic carbocycles. The van der Waals surface area contributed by atoms with E-state index >= 15 is 0 Å². The van der Waals surface area contributed by atoms with Gasteiger partial charge in [0.2, 0.25) is 0 Å². The summed E-state index contributed by atoms with van der Waals surface area (Å²) in [5.74, 6) is 4.69. The predicted octanol–water partition coefficient (Wildman–Crippen LogP) is 9.75. The molecule has 5 aromatic rings. The Labute approximate surface area is 354 Å².